The molecule has 0 heterocycles. The maximum atomic E-state index is 6.09. The average molecular weight is 329 g/mol. The Morgan fingerprint density at radius 1 is 1.44 bits per heavy atom. The first-order chi connectivity index (χ1) is 8.54. The van der Waals surface area contributed by atoms with E-state index in [2.05, 4.69) is 47.2 Å². The third-order valence-electron chi connectivity index (χ3n) is 3.40. The Balaban J connectivity index is 1.92. The number of hydrogen-bond acceptors (Lipinski definition) is 1. The minimum atomic E-state index is 0.707. The highest BCUT2D eigenvalue weighted by molar-refractivity contribution is 9.10. The van der Waals surface area contributed by atoms with Gasteiger partial charge in [-0.15, -0.1) is 0 Å². The van der Waals surface area contributed by atoms with E-state index in [9.17, 15) is 0 Å². The second kappa shape index (κ2) is 6.12. The number of rotatable bonds is 3. The van der Waals surface area contributed by atoms with Gasteiger partial charge in [-0.2, -0.15) is 0 Å². The van der Waals surface area contributed by atoms with E-state index >= 15 is 0 Å². The summed E-state index contributed by atoms with van der Waals surface area (Å²) in [5.74, 6) is 1.44. The molecule has 0 saturated carbocycles. The Labute approximate surface area is 123 Å². The zero-order valence-electron chi connectivity index (χ0n) is 10.8. The van der Waals surface area contributed by atoms with Crippen molar-refractivity contribution in [2.75, 3.05) is 11.9 Å². The number of benzene rings is 1. The monoisotopic (exact) mass is 327 g/mol. The Morgan fingerprint density at radius 3 is 2.89 bits per heavy atom. The van der Waals surface area contributed by atoms with Gasteiger partial charge in [-0.05, 0) is 65.7 Å². The molecule has 0 bridgehead atoms. The van der Waals surface area contributed by atoms with Crippen molar-refractivity contribution in [3.05, 3.63) is 39.3 Å². The first kappa shape index (κ1) is 14.0. The third-order valence-corrected chi connectivity index (χ3v) is 4.63. The second-order valence-electron chi connectivity index (χ2n) is 5.31. The van der Waals surface area contributed by atoms with Crippen molar-refractivity contribution < 1.29 is 0 Å². The lowest BCUT2D eigenvalue weighted by Crippen LogP contribution is -2.20. The maximum absolute atomic E-state index is 6.09. The van der Waals surface area contributed by atoms with Gasteiger partial charge < -0.3 is 5.32 Å². The van der Waals surface area contributed by atoms with E-state index < -0.39 is 0 Å². The topological polar surface area (TPSA) is 12.0 Å². The van der Waals surface area contributed by atoms with Gasteiger partial charge in [0.2, 0.25) is 0 Å². The fraction of sp³-hybridized carbons (Fsp3) is 0.467. The predicted octanol–water partition coefficient (Wildman–Crippen LogP) is 5.51. The molecule has 1 aromatic rings. The van der Waals surface area contributed by atoms with Gasteiger partial charge in [-0.1, -0.05) is 30.2 Å². The molecule has 0 fully saturated rings. The molecule has 0 amide bonds. The van der Waals surface area contributed by atoms with E-state index in [1.807, 2.05) is 12.1 Å². The second-order valence-corrected chi connectivity index (χ2v) is 6.57. The Bertz CT molecular complexity index is 456. The highest BCUT2D eigenvalue weighted by Gasteiger charge is 2.17. The average Bonchev–Trinajstić information content (AvgIpc) is 2.29. The van der Waals surface area contributed by atoms with Crippen molar-refractivity contribution in [1.29, 1.82) is 0 Å². The molecule has 0 aliphatic heterocycles. The van der Waals surface area contributed by atoms with Crippen LogP contribution < -0.4 is 5.32 Å². The molecular weight excluding hydrogens is 310 g/mol. The maximum Gasteiger partial charge on any atom is 0.0568 e. The van der Waals surface area contributed by atoms with Crippen molar-refractivity contribution >= 4 is 33.2 Å². The van der Waals surface area contributed by atoms with Crippen LogP contribution in [0, 0.1) is 11.8 Å². The normalized spacial score (nSPS) is 23.7. The molecule has 98 valence electrons. The molecule has 1 aliphatic carbocycles. The molecule has 1 nitrogen and oxygen atoms in total. The standard InChI is InChI=1S/C15H19BrClN/c1-10-5-11(2)7-12(6-10)9-18-13-3-4-14(16)15(17)8-13/h3-5,8,10,12,18H,6-7,9H2,1-2H3. The Morgan fingerprint density at radius 2 is 2.22 bits per heavy atom. The number of hydrogen-bond donors (Lipinski definition) is 1. The summed E-state index contributed by atoms with van der Waals surface area (Å²) in [5.41, 5.74) is 2.62. The third kappa shape index (κ3) is 3.76. The number of allylic oxidation sites excluding steroid dienone is 2. The minimum absolute atomic E-state index is 0.707. The fourth-order valence-electron chi connectivity index (χ4n) is 2.71. The van der Waals surface area contributed by atoms with Crippen molar-refractivity contribution in [3.8, 4) is 0 Å². The van der Waals surface area contributed by atoms with E-state index in [0.29, 0.717) is 5.92 Å². The SMILES string of the molecule is CC1=CC(C)CC(CNc2ccc(Br)c(Cl)c2)C1. The molecule has 3 heteroatoms. The van der Waals surface area contributed by atoms with Crippen LogP contribution >= 0.6 is 27.5 Å². The van der Waals surface area contributed by atoms with Crippen LogP contribution in [0.25, 0.3) is 0 Å². The lowest BCUT2D eigenvalue weighted by Gasteiger charge is -2.26. The summed E-state index contributed by atoms with van der Waals surface area (Å²) >= 11 is 9.49. The molecule has 0 spiro atoms. The molecule has 0 saturated heterocycles. The van der Waals surface area contributed by atoms with Crippen molar-refractivity contribution in [1.82, 2.24) is 0 Å². The van der Waals surface area contributed by atoms with Crippen LogP contribution in [0.1, 0.15) is 26.7 Å². The molecule has 2 atom stereocenters. The molecule has 1 N–H and O–H groups in total. The smallest absolute Gasteiger partial charge is 0.0568 e. The van der Waals surface area contributed by atoms with Crippen molar-refractivity contribution in [2.24, 2.45) is 11.8 Å². The summed E-state index contributed by atoms with van der Waals surface area (Å²) in [6, 6.07) is 6.02. The van der Waals surface area contributed by atoms with E-state index in [-0.39, 0.29) is 0 Å². The summed E-state index contributed by atoms with van der Waals surface area (Å²) in [6.45, 7) is 5.55. The van der Waals surface area contributed by atoms with Crippen LogP contribution in [0.2, 0.25) is 5.02 Å². The van der Waals surface area contributed by atoms with Gasteiger partial charge in [-0.3, -0.25) is 0 Å². The van der Waals surface area contributed by atoms with Crippen LogP contribution in [0.15, 0.2) is 34.3 Å². The lowest BCUT2D eigenvalue weighted by molar-refractivity contribution is 0.421. The Hall–Kier alpha value is -0.470. The van der Waals surface area contributed by atoms with Gasteiger partial charge >= 0.3 is 0 Å². The van der Waals surface area contributed by atoms with Crippen LogP contribution in [0.5, 0.6) is 0 Å². The first-order valence-electron chi connectivity index (χ1n) is 6.41. The van der Waals surface area contributed by atoms with Gasteiger partial charge in [0.15, 0.2) is 0 Å². The van der Waals surface area contributed by atoms with E-state index in [0.717, 1.165) is 27.6 Å². The number of halogens is 2. The molecule has 0 aromatic heterocycles. The summed E-state index contributed by atoms with van der Waals surface area (Å²) in [4.78, 5) is 0. The summed E-state index contributed by atoms with van der Waals surface area (Å²) < 4.78 is 0.944. The predicted molar refractivity (Wildman–Crippen MR) is 83.3 cm³/mol. The van der Waals surface area contributed by atoms with Crippen molar-refractivity contribution in [3.63, 3.8) is 0 Å². The first-order valence-corrected chi connectivity index (χ1v) is 7.58. The van der Waals surface area contributed by atoms with Crippen LogP contribution in [-0.2, 0) is 0 Å². The Kier molecular flexibility index (Phi) is 4.74. The zero-order valence-corrected chi connectivity index (χ0v) is 13.2. The highest BCUT2D eigenvalue weighted by Crippen LogP contribution is 2.29. The van der Waals surface area contributed by atoms with Gasteiger partial charge in [0.25, 0.3) is 0 Å². The van der Waals surface area contributed by atoms with E-state index in [1.165, 1.54) is 18.4 Å². The number of nitrogens with one attached hydrogen (secondary N) is 1. The van der Waals surface area contributed by atoms with Crippen molar-refractivity contribution in [2.45, 2.75) is 26.7 Å². The largest absolute Gasteiger partial charge is 0.385 e. The summed E-state index contributed by atoms with van der Waals surface area (Å²) in [5, 5.41) is 4.25. The van der Waals surface area contributed by atoms with Gasteiger partial charge in [-0.25, -0.2) is 0 Å². The summed E-state index contributed by atoms with van der Waals surface area (Å²) in [6.07, 6.45) is 4.88. The molecule has 1 aromatic carbocycles. The summed E-state index contributed by atoms with van der Waals surface area (Å²) in [7, 11) is 0. The van der Waals surface area contributed by atoms with Crippen LogP contribution in [0.4, 0.5) is 5.69 Å². The van der Waals surface area contributed by atoms with E-state index in [4.69, 9.17) is 11.6 Å². The quantitative estimate of drug-likeness (QED) is 0.722. The molecule has 1 aliphatic rings. The fourth-order valence-corrected chi connectivity index (χ4v) is 3.14. The molecule has 2 unspecified atom stereocenters. The van der Waals surface area contributed by atoms with Crippen LogP contribution in [-0.4, -0.2) is 6.54 Å². The molecule has 2 rings (SSSR count). The zero-order chi connectivity index (χ0) is 13.1. The number of anilines is 1. The lowest BCUT2D eigenvalue weighted by atomic mass is 9.84. The molecular formula is C15H19BrClN. The van der Waals surface area contributed by atoms with Gasteiger partial charge in [0.1, 0.15) is 0 Å². The molecule has 0 radical (unpaired) electrons. The minimum Gasteiger partial charge on any atom is -0.385 e. The van der Waals surface area contributed by atoms with Gasteiger partial charge in [0, 0.05) is 16.7 Å². The molecule has 18 heavy (non-hydrogen) atoms. The highest BCUT2D eigenvalue weighted by atomic mass is 79.9. The van der Waals surface area contributed by atoms with Crippen LogP contribution in [0.3, 0.4) is 0 Å². The van der Waals surface area contributed by atoms with Gasteiger partial charge in [0.05, 0.1) is 5.02 Å². The van der Waals surface area contributed by atoms with E-state index in [1.54, 1.807) is 0 Å².